The van der Waals surface area contributed by atoms with Gasteiger partial charge in [0.15, 0.2) is 0 Å². The van der Waals surface area contributed by atoms with Crippen LogP contribution in [0.5, 0.6) is 0 Å². The van der Waals surface area contributed by atoms with Crippen LogP contribution in [0.1, 0.15) is 31.2 Å². The lowest BCUT2D eigenvalue weighted by Gasteiger charge is -2.31. The Labute approximate surface area is 112 Å². The van der Waals surface area contributed by atoms with Gasteiger partial charge in [-0.2, -0.15) is 0 Å². The number of hydrogen-bond acceptors (Lipinski definition) is 5. The summed E-state index contributed by atoms with van der Waals surface area (Å²) in [5, 5.41) is 4.56. The monoisotopic (exact) mass is 264 g/mol. The molecule has 4 nitrogen and oxygen atoms in total. The van der Waals surface area contributed by atoms with Crippen LogP contribution >= 0.6 is 11.3 Å². The molecule has 3 N–H and O–H groups in total. The van der Waals surface area contributed by atoms with Crippen molar-refractivity contribution in [3.63, 3.8) is 0 Å². The molecule has 0 aliphatic rings. The molecule has 0 radical (unpaired) electrons. The Morgan fingerprint density at radius 2 is 2.00 bits per heavy atom. The van der Waals surface area contributed by atoms with E-state index in [0.717, 1.165) is 16.0 Å². The lowest BCUT2D eigenvalue weighted by atomic mass is 9.96. The molecule has 98 valence electrons. The lowest BCUT2D eigenvalue weighted by molar-refractivity contribution is 0.469. The molecule has 2 heterocycles. The van der Waals surface area contributed by atoms with Crippen LogP contribution in [0.3, 0.4) is 0 Å². The SMILES string of the molecule is Cc1sc2ncnc(NC(C)(C)C(C)N)c2c1C. The summed E-state index contributed by atoms with van der Waals surface area (Å²) in [6, 6.07) is 0.0301. The summed E-state index contributed by atoms with van der Waals surface area (Å²) in [5.74, 6) is 0.879. The first-order chi connectivity index (χ1) is 8.33. The van der Waals surface area contributed by atoms with Crippen molar-refractivity contribution >= 4 is 27.4 Å². The Hall–Kier alpha value is -1.20. The second-order valence-corrected chi connectivity index (χ2v) is 6.52. The lowest BCUT2D eigenvalue weighted by Crippen LogP contribution is -2.47. The minimum atomic E-state index is -0.205. The van der Waals surface area contributed by atoms with E-state index in [0.29, 0.717) is 0 Å². The molecule has 0 aromatic carbocycles. The highest BCUT2D eigenvalue weighted by atomic mass is 32.1. The minimum absolute atomic E-state index is 0.0301. The van der Waals surface area contributed by atoms with E-state index in [1.807, 2.05) is 6.92 Å². The zero-order valence-corrected chi connectivity index (χ0v) is 12.4. The van der Waals surface area contributed by atoms with Gasteiger partial charge < -0.3 is 11.1 Å². The predicted molar refractivity (Wildman–Crippen MR) is 78.2 cm³/mol. The molecule has 0 spiro atoms. The third-order valence-corrected chi connectivity index (χ3v) is 4.66. The number of thiophene rings is 1. The van der Waals surface area contributed by atoms with Gasteiger partial charge >= 0.3 is 0 Å². The van der Waals surface area contributed by atoms with Crippen LogP contribution in [-0.2, 0) is 0 Å². The third kappa shape index (κ3) is 2.20. The first-order valence-electron chi connectivity index (χ1n) is 6.07. The molecule has 1 unspecified atom stereocenters. The average molecular weight is 264 g/mol. The number of rotatable bonds is 3. The van der Waals surface area contributed by atoms with E-state index >= 15 is 0 Å². The van der Waals surface area contributed by atoms with Crippen LogP contribution < -0.4 is 11.1 Å². The second kappa shape index (κ2) is 4.48. The van der Waals surface area contributed by atoms with Crippen LogP contribution in [0.4, 0.5) is 5.82 Å². The van der Waals surface area contributed by atoms with E-state index in [1.165, 1.54) is 10.4 Å². The van der Waals surface area contributed by atoms with Crippen molar-refractivity contribution in [2.24, 2.45) is 5.73 Å². The summed E-state index contributed by atoms with van der Waals surface area (Å²) < 4.78 is 0. The first kappa shape index (κ1) is 13.2. The Morgan fingerprint density at radius 1 is 1.33 bits per heavy atom. The van der Waals surface area contributed by atoms with Crippen LogP contribution in [0.2, 0.25) is 0 Å². The molecule has 0 aliphatic carbocycles. The van der Waals surface area contributed by atoms with Crippen LogP contribution in [0, 0.1) is 13.8 Å². The van der Waals surface area contributed by atoms with Gasteiger partial charge in [0.25, 0.3) is 0 Å². The molecule has 0 fully saturated rings. The number of nitrogens with one attached hydrogen (secondary N) is 1. The fourth-order valence-corrected chi connectivity index (χ4v) is 2.69. The molecule has 0 bridgehead atoms. The highest BCUT2D eigenvalue weighted by Gasteiger charge is 2.24. The topological polar surface area (TPSA) is 63.8 Å². The molecular weight excluding hydrogens is 244 g/mol. The number of nitrogens with zero attached hydrogens (tertiary/aromatic N) is 2. The van der Waals surface area contributed by atoms with Crippen molar-refractivity contribution in [1.29, 1.82) is 0 Å². The fourth-order valence-electron chi connectivity index (χ4n) is 1.70. The van der Waals surface area contributed by atoms with Crippen LogP contribution in [0.15, 0.2) is 6.33 Å². The molecular formula is C13H20N4S. The Kier molecular flexibility index (Phi) is 3.29. The molecule has 2 rings (SSSR count). The zero-order valence-electron chi connectivity index (χ0n) is 11.5. The van der Waals surface area contributed by atoms with Crippen molar-refractivity contribution in [2.45, 2.75) is 46.2 Å². The molecule has 0 saturated heterocycles. The van der Waals surface area contributed by atoms with E-state index in [2.05, 4.69) is 43.0 Å². The number of fused-ring (bicyclic) bond motifs is 1. The van der Waals surface area contributed by atoms with E-state index in [4.69, 9.17) is 5.73 Å². The largest absolute Gasteiger partial charge is 0.363 e. The molecule has 2 aromatic rings. The Bertz CT molecular complexity index is 572. The van der Waals surface area contributed by atoms with Crippen molar-refractivity contribution < 1.29 is 0 Å². The smallest absolute Gasteiger partial charge is 0.138 e. The molecule has 5 heteroatoms. The molecule has 2 aromatic heterocycles. The summed E-state index contributed by atoms with van der Waals surface area (Å²) in [7, 11) is 0. The van der Waals surface area contributed by atoms with Crippen LogP contribution in [0.25, 0.3) is 10.2 Å². The van der Waals surface area contributed by atoms with Gasteiger partial charge in [-0.05, 0) is 40.2 Å². The average Bonchev–Trinajstić information content (AvgIpc) is 2.55. The maximum Gasteiger partial charge on any atom is 0.138 e. The van der Waals surface area contributed by atoms with Gasteiger partial charge in [-0.3, -0.25) is 0 Å². The Morgan fingerprint density at radius 3 is 2.61 bits per heavy atom. The van der Waals surface area contributed by atoms with Gasteiger partial charge in [0, 0.05) is 16.5 Å². The summed E-state index contributed by atoms with van der Waals surface area (Å²) in [5.41, 5.74) is 7.05. The van der Waals surface area contributed by atoms with Crippen molar-refractivity contribution in [1.82, 2.24) is 9.97 Å². The maximum absolute atomic E-state index is 6.00. The summed E-state index contributed by atoms with van der Waals surface area (Å²) >= 11 is 1.70. The molecule has 18 heavy (non-hydrogen) atoms. The van der Waals surface area contributed by atoms with E-state index in [9.17, 15) is 0 Å². The van der Waals surface area contributed by atoms with E-state index < -0.39 is 0 Å². The zero-order chi connectivity index (χ0) is 13.5. The molecule has 1 atom stereocenters. The second-order valence-electron chi connectivity index (χ2n) is 5.32. The summed E-state index contributed by atoms with van der Waals surface area (Å²) in [6.45, 7) is 10.4. The normalized spacial score (nSPS) is 13.9. The highest BCUT2D eigenvalue weighted by molar-refractivity contribution is 7.18. The van der Waals surface area contributed by atoms with Crippen molar-refractivity contribution in [3.8, 4) is 0 Å². The molecule has 0 saturated carbocycles. The highest BCUT2D eigenvalue weighted by Crippen LogP contribution is 2.33. The maximum atomic E-state index is 6.00. The first-order valence-corrected chi connectivity index (χ1v) is 6.89. The van der Waals surface area contributed by atoms with Crippen LogP contribution in [-0.4, -0.2) is 21.5 Å². The summed E-state index contributed by atoms with van der Waals surface area (Å²) in [4.78, 5) is 11.0. The molecule has 0 aliphatic heterocycles. The Balaban J connectivity index is 2.52. The third-order valence-electron chi connectivity index (χ3n) is 3.54. The van der Waals surface area contributed by atoms with Crippen molar-refractivity contribution in [2.75, 3.05) is 5.32 Å². The van der Waals surface area contributed by atoms with Gasteiger partial charge in [0.05, 0.1) is 5.39 Å². The summed E-state index contributed by atoms with van der Waals surface area (Å²) in [6.07, 6.45) is 1.61. The number of aryl methyl sites for hydroxylation is 2. The van der Waals surface area contributed by atoms with E-state index in [-0.39, 0.29) is 11.6 Å². The number of nitrogens with two attached hydrogens (primary N) is 1. The number of hydrogen-bond donors (Lipinski definition) is 2. The molecule has 0 amide bonds. The van der Waals surface area contributed by atoms with Gasteiger partial charge in [-0.25, -0.2) is 9.97 Å². The standard InChI is InChI=1S/C13H20N4S/c1-7-8(2)18-12-10(7)11(15-6-16-12)17-13(4,5)9(3)14/h6,9H,14H2,1-5H3,(H,15,16,17). The van der Waals surface area contributed by atoms with Gasteiger partial charge in [0.1, 0.15) is 17.0 Å². The van der Waals surface area contributed by atoms with Gasteiger partial charge in [0.2, 0.25) is 0 Å². The van der Waals surface area contributed by atoms with Gasteiger partial charge in [-0.15, -0.1) is 11.3 Å². The quantitative estimate of drug-likeness (QED) is 0.894. The fraction of sp³-hybridized carbons (Fsp3) is 0.538. The van der Waals surface area contributed by atoms with E-state index in [1.54, 1.807) is 17.7 Å². The minimum Gasteiger partial charge on any atom is -0.363 e. The van der Waals surface area contributed by atoms with Crippen molar-refractivity contribution in [3.05, 3.63) is 16.8 Å². The number of anilines is 1. The predicted octanol–water partition coefficient (Wildman–Crippen LogP) is 2.85. The number of aromatic nitrogens is 2. The van der Waals surface area contributed by atoms with Gasteiger partial charge in [-0.1, -0.05) is 0 Å².